The summed E-state index contributed by atoms with van der Waals surface area (Å²) in [6.45, 7) is 1.53. The zero-order valence-corrected chi connectivity index (χ0v) is 23.6. The van der Waals surface area contributed by atoms with Crippen LogP contribution >= 0.6 is 11.6 Å². The van der Waals surface area contributed by atoms with Crippen molar-refractivity contribution in [3.8, 4) is 11.3 Å². The molecule has 0 N–H and O–H groups in total. The summed E-state index contributed by atoms with van der Waals surface area (Å²) < 4.78 is 5.64. The molecule has 2 aliphatic carbocycles. The number of aromatic nitrogens is 1. The maximum absolute atomic E-state index is 13.5. The Morgan fingerprint density at radius 3 is 2.36 bits per heavy atom. The third kappa shape index (κ3) is 4.31. The van der Waals surface area contributed by atoms with Crippen molar-refractivity contribution in [3.05, 3.63) is 95.0 Å². The fraction of sp³-hybridized carbons (Fsp3) is 0.265. The van der Waals surface area contributed by atoms with Gasteiger partial charge in [0.05, 0.1) is 34.3 Å². The minimum absolute atomic E-state index is 0.108. The van der Waals surface area contributed by atoms with Crippen LogP contribution in [-0.2, 0) is 14.3 Å². The second-order valence-electron chi connectivity index (χ2n) is 11.4. The fourth-order valence-corrected chi connectivity index (χ4v) is 7.30. The van der Waals surface area contributed by atoms with Crippen LogP contribution in [0.25, 0.3) is 22.2 Å². The number of hydrogen-bond acceptors (Lipinski definition) is 6. The molecule has 3 aromatic carbocycles. The number of halogens is 1. The lowest BCUT2D eigenvalue weighted by molar-refractivity contribution is -0.123. The van der Waals surface area contributed by atoms with E-state index in [0.29, 0.717) is 50.3 Å². The Hall–Kier alpha value is -4.36. The average molecular weight is 579 g/mol. The van der Waals surface area contributed by atoms with Crippen LogP contribution < -0.4 is 4.90 Å². The maximum atomic E-state index is 13.5. The van der Waals surface area contributed by atoms with E-state index >= 15 is 0 Å². The van der Waals surface area contributed by atoms with Gasteiger partial charge in [-0.25, -0.2) is 9.78 Å². The smallest absolute Gasteiger partial charge is 0.339 e. The van der Waals surface area contributed by atoms with E-state index in [4.69, 9.17) is 21.3 Å². The molecule has 1 aliphatic heterocycles. The number of rotatable bonds is 6. The van der Waals surface area contributed by atoms with Crippen LogP contribution in [0.15, 0.2) is 78.9 Å². The third-order valence-corrected chi connectivity index (χ3v) is 9.26. The van der Waals surface area contributed by atoms with Crippen molar-refractivity contribution in [1.82, 2.24) is 4.98 Å². The molecule has 2 saturated carbocycles. The van der Waals surface area contributed by atoms with E-state index in [9.17, 15) is 19.2 Å². The zero-order chi connectivity index (χ0) is 29.1. The van der Waals surface area contributed by atoms with Crippen LogP contribution in [-0.4, -0.2) is 34.7 Å². The number of carbonyl (C=O) groups excluding carboxylic acids is 4. The van der Waals surface area contributed by atoms with Crippen LogP contribution in [0.2, 0.25) is 5.02 Å². The van der Waals surface area contributed by atoms with Gasteiger partial charge in [0.2, 0.25) is 17.6 Å². The number of imide groups is 1. The molecule has 210 valence electrons. The van der Waals surface area contributed by atoms with Crippen molar-refractivity contribution >= 4 is 51.8 Å². The summed E-state index contributed by atoms with van der Waals surface area (Å²) in [6.07, 6.45) is 1.96. The van der Waals surface area contributed by atoms with Crippen molar-refractivity contribution in [3.63, 3.8) is 0 Å². The molecule has 0 spiro atoms. The molecule has 7 rings (SSSR count). The van der Waals surface area contributed by atoms with Gasteiger partial charge in [-0.15, -0.1) is 0 Å². The molecule has 4 aromatic rings. The highest BCUT2D eigenvalue weighted by molar-refractivity contribution is 6.31. The number of Topliss-reactive ketones (excluding diaryl/α,β-unsaturated/α-hetero) is 1. The molecule has 0 unspecified atom stereocenters. The summed E-state index contributed by atoms with van der Waals surface area (Å²) in [4.78, 5) is 59.4. The highest BCUT2D eigenvalue weighted by atomic mass is 35.5. The van der Waals surface area contributed by atoms with E-state index in [1.807, 2.05) is 12.1 Å². The molecular formula is C34H27ClN2O5. The summed E-state index contributed by atoms with van der Waals surface area (Å²) >= 11 is 6.04. The van der Waals surface area contributed by atoms with E-state index in [2.05, 4.69) is 0 Å². The Morgan fingerprint density at radius 2 is 1.62 bits per heavy atom. The van der Waals surface area contributed by atoms with Gasteiger partial charge in [0.15, 0.2) is 6.10 Å². The predicted octanol–water partition coefficient (Wildman–Crippen LogP) is 6.52. The van der Waals surface area contributed by atoms with Gasteiger partial charge in [0.1, 0.15) is 0 Å². The summed E-state index contributed by atoms with van der Waals surface area (Å²) in [6, 6.07) is 22.5. The molecule has 5 atom stereocenters. The lowest BCUT2D eigenvalue weighted by Crippen LogP contribution is -2.32. The Kier molecular flexibility index (Phi) is 6.43. The van der Waals surface area contributed by atoms with Gasteiger partial charge in [-0.2, -0.15) is 0 Å². The van der Waals surface area contributed by atoms with E-state index in [1.165, 1.54) is 17.9 Å². The minimum atomic E-state index is -1.04. The highest BCUT2D eigenvalue weighted by Gasteiger charge is 2.61. The number of nitrogens with zero attached hydrogens (tertiary/aromatic N) is 2. The Balaban J connectivity index is 1.21. The third-order valence-electron chi connectivity index (χ3n) is 9.03. The molecule has 2 bridgehead atoms. The minimum Gasteiger partial charge on any atom is -0.451 e. The Morgan fingerprint density at radius 1 is 0.905 bits per heavy atom. The molecule has 1 aromatic heterocycles. The number of fused-ring (bicyclic) bond motifs is 6. The molecule has 1 saturated heterocycles. The first-order valence-electron chi connectivity index (χ1n) is 14.2. The molecule has 42 heavy (non-hydrogen) atoms. The van der Waals surface area contributed by atoms with Crippen molar-refractivity contribution in [2.24, 2.45) is 23.7 Å². The fourth-order valence-electron chi connectivity index (χ4n) is 7.11. The van der Waals surface area contributed by atoms with Gasteiger partial charge in [0, 0.05) is 21.5 Å². The second-order valence-corrected chi connectivity index (χ2v) is 11.9. The van der Waals surface area contributed by atoms with Gasteiger partial charge >= 0.3 is 5.97 Å². The number of benzene rings is 3. The van der Waals surface area contributed by atoms with Crippen molar-refractivity contribution in [2.45, 2.75) is 32.3 Å². The second kappa shape index (κ2) is 10.2. The van der Waals surface area contributed by atoms with Crippen LogP contribution in [0, 0.1) is 23.7 Å². The Bertz CT molecular complexity index is 1770. The predicted molar refractivity (Wildman–Crippen MR) is 158 cm³/mol. The maximum Gasteiger partial charge on any atom is 0.339 e. The van der Waals surface area contributed by atoms with E-state index in [0.717, 1.165) is 19.3 Å². The topological polar surface area (TPSA) is 93.6 Å². The first-order chi connectivity index (χ1) is 20.3. The van der Waals surface area contributed by atoms with Gasteiger partial charge < -0.3 is 4.74 Å². The van der Waals surface area contributed by atoms with Gasteiger partial charge in [0.25, 0.3) is 0 Å². The zero-order valence-electron chi connectivity index (χ0n) is 22.8. The number of ketones is 1. The largest absolute Gasteiger partial charge is 0.451 e. The van der Waals surface area contributed by atoms with Crippen molar-refractivity contribution in [2.75, 3.05) is 4.90 Å². The van der Waals surface area contributed by atoms with Gasteiger partial charge in [-0.1, -0.05) is 54.1 Å². The van der Waals surface area contributed by atoms with Crippen LogP contribution in [0.4, 0.5) is 5.69 Å². The SMILES string of the molecule is C[C@H](OC(=O)c1cc(-c2cccc(N3C(=O)[C@@H]4[C@@H]5CC[C@H](C5)[C@@H]4C3=O)c2)nc2ccccc12)C(=O)c1cccc(Cl)c1. The number of esters is 1. The first kappa shape index (κ1) is 26.5. The van der Waals surface area contributed by atoms with Gasteiger partial charge in [-0.05, 0) is 74.4 Å². The molecule has 3 fully saturated rings. The monoisotopic (exact) mass is 578 g/mol. The number of hydrogen-bond donors (Lipinski definition) is 0. The first-order valence-corrected chi connectivity index (χ1v) is 14.6. The standard InChI is InChI=1S/C34H27ClN2O5/c1-18(31(38)22-7-4-8-23(35)15-22)42-34(41)26-17-28(36-27-11-3-2-10-25(26)27)19-6-5-9-24(16-19)37-32(39)29-20-12-13-21(14-20)30(29)33(37)40/h2-11,15-18,20-21,29-30H,12-14H2,1H3/t18-,20+,21+,29-,30+/m0/s1. The molecule has 2 heterocycles. The number of pyridine rings is 1. The molecule has 8 heteroatoms. The van der Waals surface area contributed by atoms with Crippen molar-refractivity contribution in [1.29, 1.82) is 0 Å². The molecule has 0 radical (unpaired) electrons. The highest BCUT2D eigenvalue weighted by Crippen LogP contribution is 2.56. The van der Waals surface area contributed by atoms with E-state index in [1.54, 1.807) is 60.7 Å². The lowest BCUT2D eigenvalue weighted by Gasteiger charge is -2.19. The number of carbonyl (C=O) groups is 4. The lowest BCUT2D eigenvalue weighted by atomic mass is 9.81. The number of amides is 2. The van der Waals surface area contributed by atoms with E-state index < -0.39 is 12.1 Å². The number of para-hydroxylation sites is 1. The van der Waals surface area contributed by atoms with Crippen molar-refractivity contribution < 1.29 is 23.9 Å². The summed E-state index contributed by atoms with van der Waals surface area (Å²) in [5, 5.41) is 0.997. The molecular weight excluding hydrogens is 552 g/mol. The quantitative estimate of drug-likeness (QED) is 0.147. The number of ether oxygens (including phenoxy) is 1. The van der Waals surface area contributed by atoms with Gasteiger partial charge in [-0.3, -0.25) is 19.3 Å². The van der Waals surface area contributed by atoms with E-state index in [-0.39, 0.29) is 35.0 Å². The Labute approximate surface area is 247 Å². The number of anilines is 1. The summed E-state index contributed by atoms with van der Waals surface area (Å²) in [5.74, 6) is -1.07. The molecule has 3 aliphatic rings. The average Bonchev–Trinajstić information content (AvgIpc) is 3.69. The molecule has 7 nitrogen and oxygen atoms in total. The van der Waals surface area contributed by atoms with Crippen LogP contribution in [0.5, 0.6) is 0 Å². The van der Waals surface area contributed by atoms with Crippen LogP contribution in [0.3, 0.4) is 0 Å². The summed E-state index contributed by atoms with van der Waals surface area (Å²) in [5.41, 5.74) is 2.82. The molecule has 2 amide bonds. The normalized spacial score (nSPS) is 23.3. The summed E-state index contributed by atoms with van der Waals surface area (Å²) in [7, 11) is 0. The van der Waals surface area contributed by atoms with Crippen LogP contribution in [0.1, 0.15) is 46.9 Å².